The Bertz CT molecular complexity index is 475. The molecule has 2 heterocycles. The Labute approximate surface area is 127 Å². The third kappa shape index (κ3) is 3.49. The highest BCUT2D eigenvalue weighted by atomic mass is 79.9. The topological polar surface area (TPSA) is 65.5 Å². The van der Waals surface area contributed by atoms with Crippen LogP contribution in [0.4, 0.5) is 5.82 Å². The van der Waals surface area contributed by atoms with Gasteiger partial charge < -0.3 is 15.3 Å². The van der Waals surface area contributed by atoms with E-state index in [9.17, 15) is 9.90 Å². The minimum atomic E-state index is -0.927. The molecule has 0 unspecified atom stereocenters. The maximum absolute atomic E-state index is 11.5. The molecule has 1 fully saturated rings. The van der Waals surface area contributed by atoms with Crippen LogP contribution in [0.1, 0.15) is 36.5 Å². The van der Waals surface area contributed by atoms with Gasteiger partial charge in [-0.2, -0.15) is 0 Å². The van der Waals surface area contributed by atoms with Gasteiger partial charge in [0, 0.05) is 23.3 Å². The lowest BCUT2D eigenvalue weighted by Crippen LogP contribution is -2.44. The molecule has 2 N–H and O–H groups in total. The molecule has 1 aliphatic rings. The monoisotopic (exact) mass is 341 g/mol. The molecule has 0 spiro atoms. The lowest BCUT2D eigenvalue weighted by Gasteiger charge is -2.36. The lowest BCUT2D eigenvalue weighted by atomic mass is 10.0. The zero-order chi connectivity index (χ0) is 14.5. The number of anilines is 1. The van der Waals surface area contributed by atoms with Crippen molar-refractivity contribution in [1.82, 2.24) is 10.3 Å². The van der Waals surface area contributed by atoms with Gasteiger partial charge >= 0.3 is 5.97 Å². The van der Waals surface area contributed by atoms with Crippen LogP contribution in [0.2, 0.25) is 0 Å². The van der Waals surface area contributed by atoms with E-state index in [0.29, 0.717) is 16.3 Å². The first-order chi connectivity index (χ1) is 9.63. The number of pyridine rings is 1. The normalized spacial score (nSPS) is 16.1. The number of halogens is 1. The standard InChI is InChI=1S/C14H20BrN3O2/c1-2-7-18(11-3-5-16-6-4-11)13-12(14(19)20)8-10(15)9-17-13/h8-9,11,16H,2-7H2,1H3,(H,19,20). The van der Waals surface area contributed by atoms with Crippen molar-refractivity contribution in [3.8, 4) is 0 Å². The van der Waals surface area contributed by atoms with Gasteiger partial charge in [0.1, 0.15) is 11.4 Å². The maximum atomic E-state index is 11.5. The molecule has 1 aliphatic heterocycles. The van der Waals surface area contributed by atoms with Crippen LogP contribution in [-0.2, 0) is 0 Å². The lowest BCUT2D eigenvalue weighted by molar-refractivity contribution is 0.0697. The smallest absolute Gasteiger partial charge is 0.339 e. The first-order valence-electron chi connectivity index (χ1n) is 6.99. The molecule has 20 heavy (non-hydrogen) atoms. The molecule has 2 rings (SSSR count). The molecule has 0 saturated carbocycles. The molecule has 0 aliphatic carbocycles. The Morgan fingerprint density at radius 1 is 1.55 bits per heavy atom. The van der Waals surface area contributed by atoms with E-state index >= 15 is 0 Å². The Hall–Kier alpha value is -1.14. The van der Waals surface area contributed by atoms with Crippen LogP contribution in [0, 0.1) is 0 Å². The number of aromatic nitrogens is 1. The summed E-state index contributed by atoms with van der Waals surface area (Å²) in [5.74, 6) is -0.335. The predicted molar refractivity (Wildman–Crippen MR) is 82.4 cm³/mol. The summed E-state index contributed by atoms with van der Waals surface area (Å²) in [5, 5.41) is 12.7. The summed E-state index contributed by atoms with van der Waals surface area (Å²) < 4.78 is 0.695. The molecule has 0 bridgehead atoms. The first-order valence-corrected chi connectivity index (χ1v) is 7.79. The zero-order valence-corrected chi connectivity index (χ0v) is 13.2. The van der Waals surface area contributed by atoms with E-state index in [1.54, 1.807) is 12.3 Å². The van der Waals surface area contributed by atoms with Crippen molar-refractivity contribution in [1.29, 1.82) is 0 Å². The van der Waals surface area contributed by atoms with E-state index in [-0.39, 0.29) is 5.56 Å². The van der Waals surface area contributed by atoms with Gasteiger partial charge in [-0.05, 0) is 54.3 Å². The van der Waals surface area contributed by atoms with E-state index in [0.717, 1.165) is 38.9 Å². The van der Waals surface area contributed by atoms with Gasteiger partial charge in [0.25, 0.3) is 0 Å². The van der Waals surface area contributed by atoms with Crippen molar-refractivity contribution >= 4 is 27.7 Å². The van der Waals surface area contributed by atoms with Crippen molar-refractivity contribution in [3.63, 3.8) is 0 Å². The van der Waals surface area contributed by atoms with E-state index in [2.05, 4.69) is 38.1 Å². The number of nitrogens with zero attached hydrogens (tertiary/aromatic N) is 2. The van der Waals surface area contributed by atoms with Crippen LogP contribution < -0.4 is 10.2 Å². The average molecular weight is 342 g/mol. The van der Waals surface area contributed by atoms with Crippen molar-refractivity contribution in [3.05, 3.63) is 22.3 Å². The largest absolute Gasteiger partial charge is 0.478 e. The van der Waals surface area contributed by atoms with E-state index in [4.69, 9.17) is 0 Å². The minimum absolute atomic E-state index is 0.270. The molecule has 1 aromatic heterocycles. The predicted octanol–water partition coefficient (Wildman–Crippen LogP) is 2.51. The van der Waals surface area contributed by atoms with E-state index in [1.165, 1.54) is 0 Å². The number of nitrogens with one attached hydrogen (secondary N) is 1. The van der Waals surface area contributed by atoms with Gasteiger partial charge in [-0.15, -0.1) is 0 Å². The van der Waals surface area contributed by atoms with Crippen molar-refractivity contribution in [2.24, 2.45) is 0 Å². The van der Waals surface area contributed by atoms with Gasteiger partial charge in [0.15, 0.2) is 0 Å². The highest BCUT2D eigenvalue weighted by molar-refractivity contribution is 9.10. The Morgan fingerprint density at radius 3 is 2.85 bits per heavy atom. The molecule has 6 heteroatoms. The van der Waals surface area contributed by atoms with Crippen molar-refractivity contribution in [2.75, 3.05) is 24.5 Å². The highest BCUT2D eigenvalue weighted by Gasteiger charge is 2.25. The number of piperidine rings is 1. The van der Waals surface area contributed by atoms with Crippen LogP contribution >= 0.6 is 15.9 Å². The van der Waals surface area contributed by atoms with Crippen LogP contribution in [0.15, 0.2) is 16.7 Å². The minimum Gasteiger partial charge on any atom is -0.478 e. The third-order valence-electron chi connectivity index (χ3n) is 3.55. The second kappa shape index (κ2) is 7.04. The van der Waals surface area contributed by atoms with Gasteiger partial charge in [-0.3, -0.25) is 0 Å². The van der Waals surface area contributed by atoms with Gasteiger partial charge in [0.2, 0.25) is 0 Å². The molecule has 0 aromatic carbocycles. The number of hydrogen-bond donors (Lipinski definition) is 2. The van der Waals surface area contributed by atoms with Gasteiger partial charge in [-0.1, -0.05) is 6.92 Å². The summed E-state index contributed by atoms with van der Waals surface area (Å²) in [7, 11) is 0. The van der Waals surface area contributed by atoms with Crippen molar-refractivity contribution < 1.29 is 9.90 Å². The van der Waals surface area contributed by atoms with Crippen molar-refractivity contribution in [2.45, 2.75) is 32.2 Å². The Balaban J connectivity index is 2.35. The molecular weight excluding hydrogens is 322 g/mol. The maximum Gasteiger partial charge on any atom is 0.339 e. The number of carbonyl (C=O) groups is 1. The van der Waals surface area contributed by atoms with Gasteiger partial charge in [-0.25, -0.2) is 9.78 Å². The second-order valence-electron chi connectivity index (χ2n) is 5.00. The van der Waals surface area contributed by atoms with Gasteiger partial charge in [0.05, 0.1) is 0 Å². The first kappa shape index (κ1) is 15.3. The summed E-state index contributed by atoms with van der Waals surface area (Å²) in [6.45, 7) is 4.89. The number of rotatable bonds is 5. The Kier molecular flexibility index (Phi) is 5.37. The van der Waals surface area contributed by atoms with Crippen LogP contribution in [0.5, 0.6) is 0 Å². The summed E-state index contributed by atoms with van der Waals surface area (Å²) in [6.07, 6.45) is 4.69. The highest BCUT2D eigenvalue weighted by Crippen LogP contribution is 2.26. The fourth-order valence-electron chi connectivity index (χ4n) is 2.64. The second-order valence-corrected chi connectivity index (χ2v) is 5.92. The summed E-state index contributed by atoms with van der Waals surface area (Å²) in [5.41, 5.74) is 0.270. The molecule has 5 nitrogen and oxygen atoms in total. The fourth-order valence-corrected chi connectivity index (χ4v) is 2.97. The summed E-state index contributed by atoms with van der Waals surface area (Å²) >= 11 is 3.29. The van der Waals surface area contributed by atoms with E-state index < -0.39 is 5.97 Å². The fraction of sp³-hybridized carbons (Fsp3) is 0.571. The number of carboxylic acid groups (broad SMARTS) is 1. The quantitative estimate of drug-likeness (QED) is 0.861. The Morgan fingerprint density at radius 2 is 2.25 bits per heavy atom. The van der Waals surface area contributed by atoms with Crippen LogP contribution in [0.3, 0.4) is 0 Å². The molecule has 0 radical (unpaired) electrons. The molecule has 1 aromatic rings. The van der Waals surface area contributed by atoms with Crippen LogP contribution in [0.25, 0.3) is 0 Å². The number of carboxylic acids is 1. The van der Waals surface area contributed by atoms with E-state index in [1.807, 2.05) is 0 Å². The average Bonchev–Trinajstić information content (AvgIpc) is 2.46. The molecule has 110 valence electrons. The number of aromatic carboxylic acids is 1. The molecular formula is C14H20BrN3O2. The third-order valence-corrected chi connectivity index (χ3v) is 3.98. The number of hydrogen-bond acceptors (Lipinski definition) is 4. The zero-order valence-electron chi connectivity index (χ0n) is 11.6. The molecule has 1 saturated heterocycles. The molecule has 0 amide bonds. The molecule has 0 atom stereocenters. The SMILES string of the molecule is CCCN(c1ncc(Br)cc1C(=O)O)C1CCNCC1. The summed E-state index contributed by atoms with van der Waals surface area (Å²) in [4.78, 5) is 18.0. The summed E-state index contributed by atoms with van der Waals surface area (Å²) in [6, 6.07) is 2.00. The van der Waals surface area contributed by atoms with Crippen LogP contribution in [-0.4, -0.2) is 41.7 Å².